The molecule has 0 aliphatic rings. The fourth-order valence-corrected chi connectivity index (χ4v) is 4.51. The first kappa shape index (κ1) is 34.5. The van der Waals surface area contributed by atoms with Crippen LogP contribution in [0.1, 0.15) is 124 Å². The maximum absolute atomic E-state index is 14.4. The number of aryl methyl sites for hydroxylation is 1. The minimum absolute atomic E-state index is 0.155. The van der Waals surface area contributed by atoms with Crippen molar-refractivity contribution in [3.8, 4) is 0 Å². The molecule has 7 heteroatoms. The number of nitrogens with zero attached hydrogens (tertiary/aromatic N) is 1. The van der Waals surface area contributed by atoms with E-state index in [9.17, 15) is 14.4 Å². The van der Waals surface area contributed by atoms with Crippen LogP contribution in [0.2, 0.25) is 0 Å². The second-order valence-electron chi connectivity index (χ2n) is 12.9. The number of unbranched alkanes of at least 4 members (excludes halogenated alkanes) is 4. The second kappa shape index (κ2) is 15.3. The molecule has 0 bridgehead atoms. The van der Waals surface area contributed by atoms with Crippen LogP contribution >= 0.6 is 0 Å². The maximum atomic E-state index is 14.4. The molecule has 1 aromatic rings. The third kappa shape index (κ3) is 11.6. The molecule has 222 valence electrons. The lowest BCUT2D eigenvalue weighted by Gasteiger charge is -2.38. The smallest absolute Gasteiger partial charge is 0.408 e. The third-order valence-electron chi connectivity index (χ3n) is 6.94. The van der Waals surface area contributed by atoms with Crippen molar-refractivity contribution in [1.29, 1.82) is 0 Å². The Labute approximate surface area is 237 Å². The summed E-state index contributed by atoms with van der Waals surface area (Å²) in [5.41, 5.74) is 1.67. The van der Waals surface area contributed by atoms with E-state index in [1.54, 1.807) is 25.7 Å². The molecule has 0 saturated heterocycles. The average Bonchev–Trinajstić information content (AvgIpc) is 2.80. The van der Waals surface area contributed by atoms with Crippen LogP contribution in [-0.4, -0.2) is 46.5 Å². The monoisotopic (exact) mass is 545 g/mol. The van der Waals surface area contributed by atoms with Gasteiger partial charge in [-0.05, 0) is 84.4 Å². The molecule has 0 saturated carbocycles. The topological polar surface area (TPSA) is 87.7 Å². The maximum Gasteiger partial charge on any atom is 0.408 e. The predicted molar refractivity (Wildman–Crippen MR) is 160 cm³/mol. The number of nitrogens with one attached hydrogen (secondary N) is 2. The van der Waals surface area contributed by atoms with Gasteiger partial charge in [0.1, 0.15) is 17.7 Å². The second-order valence-corrected chi connectivity index (χ2v) is 12.9. The number of hydrogen-bond acceptors (Lipinski definition) is 4. The van der Waals surface area contributed by atoms with Gasteiger partial charge in [-0.2, -0.15) is 0 Å². The number of rotatable bonds is 13. The molecular formula is C32H55N3O4. The van der Waals surface area contributed by atoms with E-state index in [1.165, 1.54) is 0 Å². The van der Waals surface area contributed by atoms with E-state index in [0.717, 1.165) is 48.8 Å². The molecule has 1 aromatic carbocycles. The van der Waals surface area contributed by atoms with Crippen LogP contribution in [0, 0.1) is 19.8 Å². The van der Waals surface area contributed by atoms with Crippen LogP contribution in [0.3, 0.4) is 0 Å². The van der Waals surface area contributed by atoms with Crippen molar-refractivity contribution < 1.29 is 19.1 Å². The number of amides is 3. The quantitative estimate of drug-likeness (QED) is 0.261. The van der Waals surface area contributed by atoms with E-state index in [0.29, 0.717) is 13.0 Å². The standard InChI is InChI=1S/C32H55N3O4/c1-12-14-15-16-17-21-35(29(37)26(22(3)13-2)33-30(38)39-32(9,10)11)27(28(36)34-31(6,7)8)25-20-18-19-23(4)24(25)5/h18-20,22,26-27H,12-17,21H2,1-11H3,(H,33,38)(H,34,36). The highest BCUT2D eigenvalue weighted by molar-refractivity contribution is 5.92. The Kier molecular flexibility index (Phi) is 13.5. The molecule has 3 amide bonds. The SMILES string of the molecule is CCCCCCCN(C(=O)C(NC(=O)OC(C)(C)C)C(C)CC)C(C(=O)NC(C)(C)C)c1cccc(C)c1C. The molecule has 2 N–H and O–H groups in total. The Hall–Kier alpha value is -2.57. The lowest BCUT2D eigenvalue weighted by atomic mass is 9.92. The van der Waals surface area contributed by atoms with Crippen LogP contribution < -0.4 is 10.6 Å². The van der Waals surface area contributed by atoms with Gasteiger partial charge in [0, 0.05) is 12.1 Å². The number of carbonyl (C=O) groups is 3. The van der Waals surface area contributed by atoms with Gasteiger partial charge < -0.3 is 20.3 Å². The first-order chi connectivity index (χ1) is 18.0. The van der Waals surface area contributed by atoms with Crippen molar-refractivity contribution in [2.45, 2.75) is 138 Å². The summed E-state index contributed by atoms with van der Waals surface area (Å²) in [6, 6.07) is 4.24. The highest BCUT2D eigenvalue weighted by atomic mass is 16.6. The summed E-state index contributed by atoms with van der Waals surface area (Å²) in [7, 11) is 0. The molecule has 0 fully saturated rings. The molecule has 3 atom stereocenters. The van der Waals surface area contributed by atoms with Gasteiger partial charge >= 0.3 is 6.09 Å². The van der Waals surface area contributed by atoms with Crippen LogP contribution in [-0.2, 0) is 14.3 Å². The van der Waals surface area contributed by atoms with Crippen LogP contribution in [0.25, 0.3) is 0 Å². The molecule has 1 rings (SSSR count). The molecule has 0 aliphatic carbocycles. The largest absolute Gasteiger partial charge is 0.444 e. The van der Waals surface area contributed by atoms with Gasteiger partial charge in [0.2, 0.25) is 11.8 Å². The van der Waals surface area contributed by atoms with Crippen LogP contribution in [0.15, 0.2) is 18.2 Å². The van der Waals surface area contributed by atoms with Gasteiger partial charge in [0.25, 0.3) is 0 Å². The van der Waals surface area contributed by atoms with Crippen molar-refractivity contribution in [1.82, 2.24) is 15.5 Å². The lowest BCUT2D eigenvalue weighted by molar-refractivity contribution is -0.144. The van der Waals surface area contributed by atoms with Crippen molar-refractivity contribution >= 4 is 17.9 Å². The minimum Gasteiger partial charge on any atom is -0.444 e. The number of ether oxygens (including phenoxy) is 1. The van der Waals surface area contributed by atoms with E-state index < -0.39 is 29.3 Å². The molecule has 0 radical (unpaired) electrons. The van der Waals surface area contributed by atoms with E-state index in [2.05, 4.69) is 17.6 Å². The number of benzene rings is 1. The fourth-order valence-electron chi connectivity index (χ4n) is 4.51. The summed E-state index contributed by atoms with van der Waals surface area (Å²) < 4.78 is 5.51. The van der Waals surface area contributed by atoms with Gasteiger partial charge in [0.05, 0.1) is 0 Å². The number of hydrogen-bond donors (Lipinski definition) is 2. The first-order valence-corrected chi connectivity index (χ1v) is 14.7. The molecule has 0 heterocycles. The van der Waals surface area contributed by atoms with Crippen molar-refractivity contribution in [2.24, 2.45) is 5.92 Å². The predicted octanol–water partition coefficient (Wildman–Crippen LogP) is 7.00. The van der Waals surface area contributed by atoms with Crippen molar-refractivity contribution in [3.63, 3.8) is 0 Å². The fraction of sp³-hybridized carbons (Fsp3) is 0.719. The molecule has 0 aromatic heterocycles. The third-order valence-corrected chi connectivity index (χ3v) is 6.94. The zero-order valence-electron chi connectivity index (χ0n) is 26.5. The number of alkyl carbamates (subject to hydrolysis) is 1. The van der Waals surface area contributed by atoms with E-state index in [1.807, 2.05) is 66.7 Å². The molecule has 0 spiro atoms. The highest BCUT2D eigenvalue weighted by Gasteiger charge is 2.39. The molecule has 0 aliphatic heterocycles. The Morgan fingerprint density at radius 1 is 0.949 bits per heavy atom. The Bertz CT molecular complexity index is 946. The normalized spacial score (nSPS) is 14.2. The minimum atomic E-state index is -0.824. The van der Waals surface area contributed by atoms with Gasteiger partial charge in [-0.25, -0.2) is 4.79 Å². The molecule has 3 unspecified atom stereocenters. The van der Waals surface area contributed by atoms with E-state index in [4.69, 9.17) is 4.74 Å². The van der Waals surface area contributed by atoms with Crippen LogP contribution in [0.4, 0.5) is 4.79 Å². The molecule has 39 heavy (non-hydrogen) atoms. The zero-order chi connectivity index (χ0) is 30.0. The summed E-state index contributed by atoms with van der Waals surface area (Å²) in [6.07, 6.45) is 5.12. The van der Waals surface area contributed by atoms with Crippen molar-refractivity contribution in [3.05, 3.63) is 34.9 Å². The summed E-state index contributed by atoms with van der Waals surface area (Å²) in [4.78, 5) is 42.9. The van der Waals surface area contributed by atoms with Crippen molar-refractivity contribution in [2.75, 3.05) is 6.54 Å². The summed E-state index contributed by atoms with van der Waals surface area (Å²) in [5.74, 6) is -0.642. The Morgan fingerprint density at radius 2 is 1.56 bits per heavy atom. The summed E-state index contributed by atoms with van der Waals surface area (Å²) >= 11 is 0. The van der Waals surface area contributed by atoms with E-state index >= 15 is 0 Å². The molecule has 7 nitrogen and oxygen atoms in total. The van der Waals surface area contributed by atoms with Gasteiger partial charge in [0.15, 0.2) is 0 Å². The number of carbonyl (C=O) groups excluding carboxylic acids is 3. The Morgan fingerprint density at radius 3 is 2.10 bits per heavy atom. The lowest BCUT2D eigenvalue weighted by Crippen LogP contribution is -2.56. The highest BCUT2D eigenvalue weighted by Crippen LogP contribution is 2.29. The summed E-state index contributed by atoms with van der Waals surface area (Å²) in [6.45, 7) is 21.7. The van der Waals surface area contributed by atoms with E-state index in [-0.39, 0.29) is 17.7 Å². The van der Waals surface area contributed by atoms with Gasteiger partial charge in [-0.15, -0.1) is 0 Å². The Balaban J connectivity index is 3.62. The van der Waals surface area contributed by atoms with Gasteiger partial charge in [-0.3, -0.25) is 9.59 Å². The van der Waals surface area contributed by atoms with Crippen LogP contribution in [0.5, 0.6) is 0 Å². The molecular weight excluding hydrogens is 490 g/mol. The average molecular weight is 546 g/mol. The van der Waals surface area contributed by atoms with Gasteiger partial charge in [-0.1, -0.05) is 71.1 Å². The summed E-state index contributed by atoms with van der Waals surface area (Å²) in [5, 5.41) is 5.97. The first-order valence-electron chi connectivity index (χ1n) is 14.7. The zero-order valence-corrected chi connectivity index (χ0v) is 26.5.